The third-order valence-electron chi connectivity index (χ3n) is 10.1. The first-order chi connectivity index (χ1) is 25.2. The van der Waals surface area contributed by atoms with Crippen molar-refractivity contribution in [3.63, 3.8) is 0 Å². The molecule has 4 heterocycles. The number of aliphatic hydroxyl groups excluding tert-OH is 2. The number of fused-ring (bicyclic) bond motifs is 4. The van der Waals surface area contributed by atoms with Gasteiger partial charge in [0, 0.05) is 11.8 Å². The minimum atomic E-state index is -1.47. The smallest absolute Gasteiger partial charge is 0.493 e. The zero-order valence-electron chi connectivity index (χ0n) is 28.5. The molecule has 0 amide bonds. The normalized spacial score (nSPS) is 31.4. The second-order valence-electron chi connectivity index (χ2n) is 13.1. The van der Waals surface area contributed by atoms with Gasteiger partial charge in [0.2, 0.25) is 12.5 Å². The molecule has 10 atom stereocenters. The van der Waals surface area contributed by atoms with E-state index in [9.17, 15) is 19.8 Å². The molecule has 0 aromatic heterocycles. The van der Waals surface area contributed by atoms with Crippen LogP contribution in [0.15, 0.2) is 54.6 Å². The van der Waals surface area contributed by atoms with E-state index in [0.29, 0.717) is 28.2 Å². The van der Waals surface area contributed by atoms with Crippen molar-refractivity contribution >= 4 is 12.1 Å². The number of carbonyl (C=O) groups is 2. The molecular formula is C37H38O15. The highest BCUT2D eigenvalue weighted by Crippen LogP contribution is 2.57. The molecule has 3 aromatic carbocycles. The number of ether oxygens (including phenoxy) is 11. The molecule has 276 valence electrons. The summed E-state index contributed by atoms with van der Waals surface area (Å²) in [5.41, 5.74) is 2.65. The Labute approximate surface area is 298 Å². The maximum atomic E-state index is 13.7. The summed E-state index contributed by atoms with van der Waals surface area (Å²) in [5.74, 6) is -1.26. The van der Waals surface area contributed by atoms with E-state index in [4.69, 9.17) is 52.1 Å². The molecule has 3 fully saturated rings. The Morgan fingerprint density at radius 3 is 2.31 bits per heavy atom. The summed E-state index contributed by atoms with van der Waals surface area (Å²) in [6, 6.07) is 16.1. The second-order valence-corrected chi connectivity index (χ2v) is 13.1. The van der Waals surface area contributed by atoms with E-state index in [2.05, 4.69) is 0 Å². The average molecular weight is 723 g/mol. The quantitative estimate of drug-likeness (QED) is 0.256. The van der Waals surface area contributed by atoms with Crippen molar-refractivity contribution in [2.24, 2.45) is 11.8 Å². The van der Waals surface area contributed by atoms with Gasteiger partial charge in [0.15, 0.2) is 35.6 Å². The first-order valence-corrected chi connectivity index (χ1v) is 16.9. The number of aliphatic hydroxyl groups is 2. The minimum absolute atomic E-state index is 0.00241. The van der Waals surface area contributed by atoms with Crippen molar-refractivity contribution < 1.29 is 71.9 Å². The zero-order chi connectivity index (χ0) is 36.1. The highest BCUT2D eigenvalue weighted by molar-refractivity contribution is 5.79. The molecule has 15 nitrogen and oxygen atoms in total. The first-order valence-electron chi connectivity index (χ1n) is 16.9. The molecule has 3 saturated heterocycles. The lowest BCUT2D eigenvalue weighted by molar-refractivity contribution is -0.364. The molecule has 3 aromatic rings. The van der Waals surface area contributed by atoms with Crippen molar-refractivity contribution in [2.75, 3.05) is 34.2 Å². The van der Waals surface area contributed by atoms with Crippen LogP contribution in [-0.2, 0) is 39.8 Å². The summed E-state index contributed by atoms with van der Waals surface area (Å²) < 4.78 is 63.4. The predicted octanol–water partition coefficient (Wildman–Crippen LogP) is 3.35. The van der Waals surface area contributed by atoms with Gasteiger partial charge in [-0.1, -0.05) is 30.3 Å². The Bertz CT molecular complexity index is 1790. The van der Waals surface area contributed by atoms with E-state index < -0.39 is 73.0 Å². The molecule has 0 radical (unpaired) electrons. The summed E-state index contributed by atoms with van der Waals surface area (Å²) in [6.45, 7) is 1.81. The highest BCUT2D eigenvalue weighted by Gasteiger charge is 2.56. The van der Waals surface area contributed by atoms with E-state index in [1.54, 1.807) is 31.2 Å². The van der Waals surface area contributed by atoms with E-state index in [-0.39, 0.29) is 43.9 Å². The number of esters is 1. The van der Waals surface area contributed by atoms with E-state index in [1.807, 2.05) is 30.3 Å². The fourth-order valence-corrected chi connectivity index (χ4v) is 7.65. The number of rotatable bonds is 8. The van der Waals surface area contributed by atoms with Crippen molar-refractivity contribution in [3.8, 4) is 28.7 Å². The molecule has 0 spiro atoms. The lowest BCUT2D eigenvalue weighted by atomic mass is 9.66. The fraction of sp³-hybridized carbons (Fsp3) is 0.459. The molecule has 0 bridgehead atoms. The molecule has 8 rings (SSSR count). The highest BCUT2D eigenvalue weighted by atomic mass is 16.8. The Morgan fingerprint density at radius 1 is 0.885 bits per heavy atom. The lowest BCUT2D eigenvalue weighted by Gasteiger charge is -2.47. The van der Waals surface area contributed by atoms with Gasteiger partial charge < -0.3 is 62.3 Å². The van der Waals surface area contributed by atoms with Gasteiger partial charge >= 0.3 is 12.1 Å². The van der Waals surface area contributed by atoms with Gasteiger partial charge in [-0.3, -0.25) is 4.79 Å². The summed E-state index contributed by atoms with van der Waals surface area (Å²) in [6.07, 6.45) is -8.02. The third kappa shape index (κ3) is 6.16. The van der Waals surface area contributed by atoms with Gasteiger partial charge in [-0.2, -0.15) is 0 Å². The number of carbonyl (C=O) groups excluding carboxylic acids is 2. The topological polar surface area (TPSA) is 176 Å². The molecule has 1 aliphatic carbocycles. The summed E-state index contributed by atoms with van der Waals surface area (Å²) in [5, 5.41) is 22.2. The summed E-state index contributed by atoms with van der Waals surface area (Å²) in [4.78, 5) is 26.5. The summed E-state index contributed by atoms with van der Waals surface area (Å²) in [7, 11) is 2.84. The predicted molar refractivity (Wildman–Crippen MR) is 174 cm³/mol. The summed E-state index contributed by atoms with van der Waals surface area (Å²) >= 11 is 0. The Hall–Kier alpha value is -4.64. The van der Waals surface area contributed by atoms with Gasteiger partial charge in [0.25, 0.3) is 0 Å². The number of benzene rings is 3. The van der Waals surface area contributed by atoms with Crippen LogP contribution < -0.4 is 23.7 Å². The largest absolute Gasteiger partial charge is 0.514 e. The number of hydrogen-bond acceptors (Lipinski definition) is 15. The monoisotopic (exact) mass is 722 g/mol. The van der Waals surface area contributed by atoms with Crippen LogP contribution in [0.2, 0.25) is 0 Å². The van der Waals surface area contributed by atoms with Crippen molar-refractivity contribution in [1.82, 2.24) is 0 Å². The van der Waals surface area contributed by atoms with Crippen LogP contribution in [0.3, 0.4) is 0 Å². The Kier molecular flexibility index (Phi) is 9.32. The maximum Gasteiger partial charge on any atom is 0.514 e. The molecule has 52 heavy (non-hydrogen) atoms. The van der Waals surface area contributed by atoms with Crippen LogP contribution in [-0.4, -0.2) is 93.6 Å². The molecule has 2 unspecified atom stereocenters. The molecule has 2 N–H and O–H groups in total. The molecule has 5 aliphatic rings. The van der Waals surface area contributed by atoms with Gasteiger partial charge in [0.1, 0.15) is 31.0 Å². The fourth-order valence-electron chi connectivity index (χ4n) is 7.65. The first kappa shape index (κ1) is 34.4. The van der Waals surface area contributed by atoms with Crippen LogP contribution in [0, 0.1) is 11.8 Å². The molecule has 15 heteroatoms. The lowest BCUT2D eigenvalue weighted by Crippen LogP contribution is -2.63. The SMILES string of the molecule is COc1cc([C@@H]2c3cc4c(cc3[C@@H](OC3OC5CO[C@@H](C)O[C@H]5[C@@H](O)[C@@H]3O)[C@H]3COC(=O)[C@H]23)OCO4)cc(OC)c1OC(=O)OCc1ccccc1. The second kappa shape index (κ2) is 14.1. The standard InChI is InChI=1S/C37H38O15/c1-17-44-15-27-34(49-17)30(38)31(39)36(50-27)51-32-21-12-24-23(47-16-48-24)11-20(21)28(29-22(32)14-45-35(29)40)19-9-25(42-2)33(26(10-19)43-3)52-37(41)46-13-18-7-5-4-6-8-18/h4-12,17,22,27-32,34,36,38-39H,13-16H2,1-3H3/t17-,22+,27?,28-,29+,30+,31+,32-,34-,36?/m1/s1. The molecular weight excluding hydrogens is 684 g/mol. The van der Waals surface area contributed by atoms with Crippen LogP contribution in [0.1, 0.15) is 41.2 Å². The van der Waals surface area contributed by atoms with Gasteiger partial charge in [-0.15, -0.1) is 0 Å². The average Bonchev–Trinajstić information content (AvgIpc) is 3.78. The Morgan fingerprint density at radius 2 is 1.60 bits per heavy atom. The third-order valence-corrected chi connectivity index (χ3v) is 10.1. The number of cyclic esters (lactones) is 1. The van der Waals surface area contributed by atoms with Gasteiger partial charge in [-0.05, 0) is 53.4 Å². The van der Waals surface area contributed by atoms with Gasteiger partial charge in [0.05, 0.1) is 39.5 Å². The minimum Gasteiger partial charge on any atom is -0.493 e. The van der Waals surface area contributed by atoms with Crippen molar-refractivity contribution in [1.29, 1.82) is 0 Å². The van der Waals surface area contributed by atoms with Gasteiger partial charge in [-0.25, -0.2) is 4.79 Å². The van der Waals surface area contributed by atoms with E-state index in [0.717, 1.165) is 5.56 Å². The molecule has 4 aliphatic heterocycles. The van der Waals surface area contributed by atoms with E-state index in [1.165, 1.54) is 14.2 Å². The van der Waals surface area contributed by atoms with Crippen LogP contribution >= 0.6 is 0 Å². The molecule has 0 saturated carbocycles. The van der Waals surface area contributed by atoms with Crippen molar-refractivity contribution in [3.05, 3.63) is 76.9 Å². The van der Waals surface area contributed by atoms with Crippen LogP contribution in [0.5, 0.6) is 28.7 Å². The van der Waals surface area contributed by atoms with Crippen LogP contribution in [0.25, 0.3) is 0 Å². The number of methoxy groups -OCH3 is 2. The van der Waals surface area contributed by atoms with Crippen molar-refractivity contribution in [2.45, 2.75) is 62.5 Å². The Balaban J connectivity index is 1.14. The number of hydrogen-bond donors (Lipinski definition) is 2. The van der Waals surface area contributed by atoms with E-state index >= 15 is 0 Å². The van der Waals surface area contributed by atoms with Crippen LogP contribution in [0.4, 0.5) is 4.79 Å². The maximum absolute atomic E-state index is 13.7. The zero-order valence-corrected chi connectivity index (χ0v) is 28.5.